The molecule has 3 atom stereocenters. The van der Waals surface area contributed by atoms with Gasteiger partial charge >= 0.3 is 0 Å². The molecule has 0 spiro atoms. The predicted molar refractivity (Wildman–Crippen MR) is 176 cm³/mol. The Morgan fingerprint density at radius 2 is 1.26 bits per heavy atom. The highest BCUT2D eigenvalue weighted by Crippen LogP contribution is 2.39. The van der Waals surface area contributed by atoms with E-state index in [0.717, 1.165) is 69.1 Å². The zero-order valence-corrected chi connectivity index (χ0v) is 29.2. The quantitative estimate of drug-likeness (QED) is 0.0485. The van der Waals surface area contributed by atoms with Crippen molar-refractivity contribution in [1.82, 2.24) is 0 Å². The number of hydrogen-bond acceptors (Lipinski definition) is 6. The van der Waals surface area contributed by atoms with Gasteiger partial charge in [0.15, 0.2) is 0 Å². The number of nitrogens with zero attached hydrogens (tertiary/aromatic N) is 1. The zero-order chi connectivity index (χ0) is 31.1. The van der Waals surface area contributed by atoms with E-state index in [1.165, 1.54) is 109 Å². The molecular formula is C35H70NO6P. The van der Waals surface area contributed by atoms with Crippen LogP contribution in [0.3, 0.4) is 0 Å². The third kappa shape index (κ3) is 18.7. The van der Waals surface area contributed by atoms with Crippen molar-refractivity contribution >= 4 is 7.82 Å². The van der Waals surface area contributed by atoms with Gasteiger partial charge in [0.05, 0.1) is 39.5 Å². The molecule has 0 aromatic heterocycles. The van der Waals surface area contributed by atoms with Crippen molar-refractivity contribution in [2.45, 2.75) is 161 Å². The summed E-state index contributed by atoms with van der Waals surface area (Å²) in [7, 11) is -4.28. The van der Waals surface area contributed by atoms with Gasteiger partial charge in [0.1, 0.15) is 12.6 Å². The number of phosphoric ester groups is 1. The van der Waals surface area contributed by atoms with E-state index in [9.17, 15) is 14.6 Å². The third-order valence-corrected chi connectivity index (χ3v) is 11.0. The van der Waals surface area contributed by atoms with E-state index in [0.29, 0.717) is 12.5 Å². The van der Waals surface area contributed by atoms with Crippen molar-refractivity contribution < 1.29 is 32.8 Å². The topological polar surface area (TPSA) is 88.1 Å². The molecule has 3 aliphatic rings. The Morgan fingerprint density at radius 3 is 1.81 bits per heavy atom. The van der Waals surface area contributed by atoms with Gasteiger partial charge in [-0.15, -0.1) is 0 Å². The molecule has 3 saturated heterocycles. The lowest BCUT2D eigenvalue weighted by Crippen LogP contribution is -2.63. The zero-order valence-electron chi connectivity index (χ0n) is 28.3. The van der Waals surface area contributed by atoms with Crippen molar-refractivity contribution in [3.63, 3.8) is 0 Å². The molecule has 3 fully saturated rings. The molecule has 43 heavy (non-hydrogen) atoms. The lowest BCUT2D eigenvalue weighted by Gasteiger charge is -2.51. The van der Waals surface area contributed by atoms with E-state index < -0.39 is 7.82 Å². The molecule has 0 radical (unpaired) electrons. The van der Waals surface area contributed by atoms with Crippen molar-refractivity contribution in [1.29, 1.82) is 0 Å². The minimum absolute atomic E-state index is 0.0772. The number of rotatable bonds is 30. The summed E-state index contributed by atoms with van der Waals surface area (Å²) < 4.78 is 29.7. The Kier molecular flexibility index (Phi) is 22.0. The Bertz CT molecular complexity index is 702. The van der Waals surface area contributed by atoms with E-state index in [4.69, 9.17) is 13.8 Å². The van der Waals surface area contributed by atoms with Crippen LogP contribution >= 0.6 is 7.82 Å². The summed E-state index contributed by atoms with van der Waals surface area (Å²) in [4.78, 5) is 12.3. The first kappa shape index (κ1) is 39.2. The summed E-state index contributed by atoms with van der Waals surface area (Å²) in [6.07, 6.45) is 26.8. The molecule has 0 saturated carbocycles. The number of ether oxygens (including phenoxy) is 1. The van der Waals surface area contributed by atoms with Crippen LogP contribution in [0.25, 0.3) is 0 Å². The fourth-order valence-corrected chi connectivity index (χ4v) is 7.97. The first-order valence-corrected chi connectivity index (χ1v) is 20.1. The summed E-state index contributed by atoms with van der Waals surface area (Å²) in [5, 5.41) is 10.3. The average molecular weight is 632 g/mol. The van der Waals surface area contributed by atoms with Gasteiger partial charge in [-0.25, -0.2) is 0 Å². The fraction of sp³-hybridized carbons (Fsp3) is 1.00. The highest BCUT2D eigenvalue weighted by Gasteiger charge is 2.44. The number of phosphoric acid groups is 1. The number of quaternary nitrogens is 1. The maximum Gasteiger partial charge on any atom is 0.267 e. The SMILES string of the molecule is CCCCCCCCCCCCCCCCOCC(CCC)COP(=O)([O-])OCCCCCC[N+]12CCC(CC1)C(O)C2. The molecular weight excluding hydrogens is 561 g/mol. The van der Waals surface area contributed by atoms with Gasteiger partial charge in [-0.2, -0.15) is 0 Å². The molecule has 1 N–H and O–H groups in total. The molecule has 256 valence electrons. The van der Waals surface area contributed by atoms with Crippen molar-refractivity contribution in [3.05, 3.63) is 0 Å². The second kappa shape index (κ2) is 24.2. The van der Waals surface area contributed by atoms with Crippen LogP contribution in [-0.2, 0) is 18.3 Å². The minimum atomic E-state index is -4.28. The Balaban J connectivity index is 1.39. The van der Waals surface area contributed by atoms with Crippen molar-refractivity contribution in [2.24, 2.45) is 11.8 Å². The summed E-state index contributed by atoms with van der Waals surface area (Å²) in [5.41, 5.74) is 0. The largest absolute Gasteiger partial charge is 0.756 e. The number of aliphatic hydroxyl groups excluding tert-OH is 1. The van der Waals surface area contributed by atoms with Gasteiger partial charge in [-0.1, -0.05) is 110 Å². The molecule has 3 rings (SSSR count). The Morgan fingerprint density at radius 1 is 0.721 bits per heavy atom. The molecule has 0 aliphatic carbocycles. The van der Waals surface area contributed by atoms with Gasteiger partial charge in [0, 0.05) is 31.3 Å². The third-order valence-electron chi connectivity index (χ3n) is 10.0. The lowest BCUT2D eigenvalue weighted by molar-refractivity contribution is -0.946. The molecule has 7 nitrogen and oxygen atoms in total. The molecule has 8 heteroatoms. The van der Waals surface area contributed by atoms with Gasteiger partial charge in [-0.3, -0.25) is 4.57 Å². The first-order valence-electron chi connectivity index (χ1n) is 18.6. The molecule has 3 aliphatic heterocycles. The molecule has 0 aromatic carbocycles. The van der Waals surface area contributed by atoms with E-state index in [-0.39, 0.29) is 25.2 Å². The average Bonchev–Trinajstić information content (AvgIpc) is 2.99. The van der Waals surface area contributed by atoms with E-state index >= 15 is 0 Å². The summed E-state index contributed by atoms with van der Waals surface area (Å²) in [6.45, 7) is 10.5. The van der Waals surface area contributed by atoms with Crippen LogP contribution in [0.15, 0.2) is 0 Å². The van der Waals surface area contributed by atoms with E-state index in [1.807, 2.05) is 0 Å². The predicted octanol–water partition coefficient (Wildman–Crippen LogP) is 8.56. The summed E-state index contributed by atoms with van der Waals surface area (Å²) >= 11 is 0. The fourth-order valence-electron chi connectivity index (χ4n) is 7.15. The van der Waals surface area contributed by atoms with Crippen molar-refractivity contribution in [3.8, 4) is 0 Å². The van der Waals surface area contributed by atoms with Gasteiger partial charge in [0.25, 0.3) is 7.82 Å². The minimum Gasteiger partial charge on any atom is -0.756 e. The van der Waals surface area contributed by atoms with Gasteiger partial charge < -0.3 is 28.3 Å². The second-order valence-electron chi connectivity index (χ2n) is 13.9. The number of hydrogen-bond donors (Lipinski definition) is 1. The molecule has 3 unspecified atom stereocenters. The first-order chi connectivity index (χ1) is 20.9. The molecule has 2 bridgehead atoms. The Labute approximate surface area is 266 Å². The number of piperidine rings is 3. The standard InChI is InChI=1S/C35H70NO6P/c1-3-5-6-7-8-9-10-11-12-13-14-15-17-20-28-40-31-33(22-4-2)32-42-43(38,39)41-29-21-18-16-19-25-36-26-23-34(24-27-36)35(37)30-36/h33-35,37H,3-32H2,1-2H3. The maximum atomic E-state index is 12.3. The van der Waals surface area contributed by atoms with Crippen LogP contribution in [0.1, 0.15) is 155 Å². The Hall–Kier alpha value is -0.0100. The van der Waals surface area contributed by atoms with Crippen LogP contribution in [0.5, 0.6) is 0 Å². The highest BCUT2D eigenvalue weighted by atomic mass is 31.2. The maximum absolute atomic E-state index is 12.3. The normalized spacial score (nSPS) is 23.9. The van der Waals surface area contributed by atoms with Crippen LogP contribution in [-0.4, -0.2) is 68.3 Å². The number of fused-ring (bicyclic) bond motifs is 3. The monoisotopic (exact) mass is 631 g/mol. The van der Waals surface area contributed by atoms with Crippen LogP contribution < -0.4 is 4.89 Å². The van der Waals surface area contributed by atoms with E-state index in [2.05, 4.69) is 13.8 Å². The van der Waals surface area contributed by atoms with Crippen LogP contribution in [0, 0.1) is 11.8 Å². The lowest BCUT2D eigenvalue weighted by atomic mass is 9.83. The summed E-state index contributed by atoms with van der Waals surface area (Å²) in [6, 6.07) is 0. The number of aliphatic hydroxyl groups is 1. The number of unbranched alkanes of at least 4 members (excludes halogenated alkanes) is 16. The van der Waals surface area contributed by atoms with Crippen LogP contribution in [0.2, 0.25) is 0 Å². The van der Waals surface area contributed by atoms with Crippen molar-refractivity contribution in [2.75, 3.05) is 52.6 Å². The molecule has 0 aromatic rings. The summed E-state index contributed by atoms with van der Waals surface area (Å²) in [5.74, 6) is 0.610. The highest BCUT2D eigenvalue weighted by molar-refractivity contribution is 7.45. The molecule has 0 amide bonds. The van der Waals surface area contributed by atoms with Crippen LogP contribution in [0.4, 0.5) is 0 Å². The smallest absolute Gasteiger partial charge is 0.267 e. The second-order valence-corrected chi connectivity index (χ2v) is 15.3. The van der Waals surface area contributed by atoms with Gasteiger partial charge in [-0.05, 0) is 32.1 Å². The van der Waals surface area contributed by atoms with Gasteiger partial charge in [0.2, 0.25) is 0 Å². The van der Waals surface area contributed by atoms with E-state index in [1.54, 1.807) is 0 Å². The molecule has 3 heterocycles.